The van der Waals surface area contributed by atoms with Crippen molar-refractivity contribution in [1.29, 1.82) is 0 Å². The number of cyclic esters (lactones) is 1. The number of benzene rings is 4. The largest absolute Gasteiger partial charge is 0.491 e. The van der Waals surface area contributed by atoms with Gasteiger partial charge in [0.1, 0.15) is 36.5 Å². The molecule has 1 spiro atoms. The van der Waals surface area contributed by atoms with Gasteiger partial charge in [0.2, 0.25) is 11.8 Å². The molecule has 3 amide bonds. The Bertz CT molecular complexity index is 2110. The third-order valence-electron chi connectivity index (χ3n) is 12.1. The highest BCUT2D eigenvalue weighted by Crippen LogP contribution is 2.66. The van der Waals surface area contributed by atoms with E-state index in [-0.39, 0.29) is 38.0 Å². The average Bonchev–Trinajstić information content (AvgIpc) is 3.69. The molecule has 4 heterocycles. The van der Waals surface area contributed by atoms with E-state index in [0.29, 0.717) is 30.0 Å². The lowest BCUT2D eigenvalue weighted by molar-refractivity contribution is -0.179. The number of esters is 1. The fourth-order valence-corrected chi connectivity index (χ4v) is 9.73. The molecule has 0 saturated carbocycles. The van der Waals surface area contributed by atoms with Gasteiger partial charge in [0, 0.05) is 25.8 Å². The summed E-state index contributed by atoms with van der Waals surface area (Å²) < 4.78 is 23.6. The number of nitrogens with zero attached hydrogens (tertiary/aromatic N) is 3. The van der Waals surface area contributed by atoms with Crippen molar-refractivity contribution in [2.24, 2.45) is 5.92 Å². The van der Waals surface area contributed by atoms with Crippen LogP contribution in [0.3, 0.4) is 0 Å². The summed E-state index contributed by atoms with van der Waals surface area (Å²) >= 11 is 0. The molecule has 6 atom stereocenters. The van der Waals surface area contributed by atoms with Crippen molar-refractivity contribution >= 4 is 29.6 Å². The lowest BCUT2D eigenvalue weighted by atomic mass is 9.65. The van der Waals surface area contributed by atoms with Gasteiger partial charge in [-0.05, 0) is 41.7 Å². The molecule has 12 heteroatoms. The van der Waals surface area contributed by atoms with Crippen LogP contribution in [0, 0.1) is 5.92 Å². The molecule has 8 rings (SSSR count). The molecule has 4 aromatic carbocycles. The van der Waals surface area contributed by atoms with E-state index in [1.165, 1.54) is 7.11 Å². The third kappa shape index (κ3) is 6.72. The Morgan fingerprint density at radius 2 is 1.40 bits per heavy atom. The summed E-state index contributed by atoms with van der Waals surface area (Å²) in [5.41, 5.74) is 0.864. The highest BCUT2D eigenvalue weighted by Gasteiger charge is 2.76. The minimum atomic E-state index is -1.88. The van der Waals surface area contributed by atoms with Crippen LogP contribution in [0.25, 0.3) is 0 Å². The van der Waals surface area contributed by atoms with Crippen molar-refractivity contribution in [1.82, 2.24) is 9.80 Å². The highest BCUT2D eigenvalue weighted by atomic mass is 16.6. The van der Waals surface area contributed by atoms with Crippen molar-refractivity contribution in [2.45, 2.75) is 61.7 Å². The van der Waals surface area contributed by atoms with E-state index in [4.69, 9.17) is 18.9 Å². The van der Waals surface area contributed by atoms with Crippen LogP contribution in [0.4, 0.5) is 10.5 Å². The van der Waals surface area contributed by atoms with Crippen molar-refractivity contribution in [3.8, 4) is 5.75 Å². The maximum atomic E-state index is 16.1. The molecule has 4 aromatic rings. The summed E-state index contributed by atoms with van der Waals surface area (Å²) in [7, 11) is 1.49. The Morgan fingerprint density at radius 1 is 0.759 bits per heavy atom. The molecule has 1 N–H and O–H groups in total. The van der Waals surface area contributed by atoms with E-state index in [9.17, 15) is 9.90 Å². The fraction of sp³-hybridized carbons (Fsp3) is 0.391. The summed E-state index contributed by atoms with van der Waals surface area (Å²) in [5.74, 6) is -2.66. The second-order valence-electron chi connectivity index (χ2n) is 15.2. The molecule has 0 aromatic heterocycles. The van der Waals surface area contributed by atoms with E-state index >= 15 is 14.4 Å². The summed E-state index contributed by atoms with van der Waals surface area (Å²) in [4.78, 5) is 66.2. The smallest absolute Gasteiger partial charge is 0.421 e. The molecule has 12 nitrogen and oxygen atoms in total. The Balaban J connectivity index is 1.45. The van der Waals surface area contributed by atoms with Crippen LogP contribution in [0.15, 0.2) is 109 Å². The maximum Gasteiger partial charge on any atom is 0.421 e. The predicted octanol–water partition coefficient (Wildman–Crippen LogP) is 6.30. The number of hydrogen-bond acceptors (Lipinski definition) is 10. The van der Waals surface area contributed by atoms with Gasteiger partial charge >= 0.3 is 12.1 Å². The second kappa shape index (κ2) is 17.1. The van der Waals surface area contributed by atoms with Gasteiger partial charge in [0.05, 0.1) is 36.9 Å². The van der Waals surface area contributed by atoms with E-state index in [1.807, 2.05) is 82.6 Å². The number of likely N-dealkylation sites (tertiary alicyclic amines) is 1. The van der Waals surface area contributed by atoms with Gasteiger partial charge in [-0.3, -0.25) is 19.3 Å². The lowest BCUT2D eigenvalue weighted by Gasteiger charge is -2.46. The maximum absolute atomic E-state index is 16.1. The molecule has 3 fully saturated rings. The van der Waals surface area contributed by atoms with Gasteiger partial charge in [0.15, 0.2) is 0 Å². The number of imide groups is 1. The van der Waals surface area contributed by atoms with Crippen molar-refractivity contribution in [3.63, 3.8) is 0 Å². The topological polar surface area (TPSA) is 135 Å². The number of amides is 3. The van der Waals surface area contributed by atoms with Crippen LogP contribution >= 0.6 is 0 Å². The van der Waals surface area contributed by atoms with Gasteiger partial charge in [-0.2, -0.15) is 0 Å². The Labute approximate surface area is 338 Å². The number of anilines is 1. The number of aliphatic hydroxyl groups excluding tert-OH is 1. The standard InChI is InChI=1S/C46H49N3O9/c1-55-29-30-57-45(54)48-35-23-13-12-22-34(35)46(44(48)53)37(42(51)47-25-15-3-2-4-16-26-47)39-43(52)58-40(32-19-9-6-10-20-32)38(31-17-7-5-8-18-31)49(39)41(46)33-21-11-14-24-36(33)56-28-27-50/h5-14,17-24,37-41,50H,2-4,15-16,25-30H2,1H3/t37-,38-,39-,40+,41+,46-/m1/s1. The first-order chi connectivity index (χ1) is 28.4. The summed E-state index contributed by atoms with van der Waals surface area (Å²) in [6.45, 7) is 0.598. The zero-order valence-corrected chi connectivity index (χ0v) is 32.6. The van der Waals surface area contributed by atoms with E-state index in [0.717, 1.165) is 48.1 Å². The molecule has 0 radical (unpaired) electrons. The minimum Gasteiger partial charge on any atom is -0.491 e. The van der Waals surface area contributed by atoms with Crippen molar-refractivity contribution in [2.75, 3.05) is 51.5 Å². The first kappa shape index (κ1) is 39.3. The Morgan fingerprint density at radius 3 is 2.10 bits per heavy atom. The Hall–Kier alpha value is -5.56. The van der Waals surface area contributed by atoms with Crippen LogP contribution in [0.2, 0.25) is 0 Å². The normalized spacial score (nSPS) is 25.7. The number of rotatable bonds is 10. The highest BCUT2D eigenvalue weighted by molar-refractivity contribution is 6.23. The first-order valence-electron chi connectivity index (χ1n) is 20.2. The fourth-order valence-electron chi connectivity index (χ4n) is 9.73. The average molecular weight is 788 g/mol. The SMILES string of the molecule is COCCOC(=O)N1C(=O)[C@@]2(c3ccccc31)[C@H](c1ccccc1OCCO)N1[C@H](c3ccccc3)[C@H](c3ccccc3)OC(=O)[C@H]1[C@@H]2C(=O)N1CCCCCCC1. The molecule has 0 aliphatic carbocycles. The number of aliphatic hydroxyl groups is 1. The molecule has 58 heavy (non-hydrogen) atoms. The summed E-state index contributed by atoms with van der Waals surface area (Å²) in [6.07, 6.45) is 2.75. The number of carbonyl (C=O) groups excluding carboxylic acids is 4. The van der Waals surface area contributed by atoms with Gasteiger partial charge in [-0.1, -0.05) is 116 Å². The van der Waals surface area contributed by atoms with Crippen LogP contribution in [0.5, 0.6) is 5.75 Å². The number of morpholine rings is 1. The van der Waals surface area contributed by atoms with Gasteiger partial charge in [-0.25, -0.2) is 9.69 Å². The molecule has 0 bridgehead atoms. The van der Waals surface area contributed by atoms with Gasteiger partial charge in [-0.15, -0.1) is 0 Å². The summed E-state index contributed by atoms with van der Waals surface area (Å²) in [6, 6.07) is 30.3. The molecule has 0 unspecified atom stereocenters. The van der Waals surface area contributed by atoms with Crippen LogP contribution in [-0.2, 0) is 34.0 Å². The second-order valence-corrected chi connectivity index (χ2v) is 15.2. The van der Waals surface area contributed by atoms with Gasteiger partial charge < -0.3 is 29.0 Å². The molecule has 4 aliphatic rings. The molecular formula is C46H49N3O9. The molecular weight excluding hydrogens is 739 g/mol. The summed E-state index contributed by atoms with van der Waals surface area (Å²) in [5, 5.41) is 9.95. The number of methoxy groups -OCH3 is 1. The third-order valence-corrected chi connectivity index (χ3v) is 12.1. The first-order valence-corrected chi connectivity index (χ1v) is 20.2. The molecule has 4 aliphatic heterocycles. The zero-order valence-electron chi connectivity index (χ0n) is 32.6. The van der Waals surface area contributed by atoms with Crippen LogP contribution in [-0.4, -0.2) is 91.5 Å². The lowest BCUT2D eigenvalue weighted by Crippen LogP contribution is -2.56. The number of hydrogen-bond donors (Lipinski definition) is 1. The molecule has 3 saturated heterocycles. The van der Waals surface area contributed by atoms with Crippen molar-refractivity contribution in [3.05, 3.63) is 131 Å². The molecule has 302 valence electrons. The van der Waals surface area contributed by atoms with Crippen LogP contribution < -0.4 is 9.64 Å². The monoisotopic (exact) mass is 787 g/mol. The number of para-hydroxylation sites is 2. The quantitative estimate of drug-likeness (QED) is 0.144. The van der Waals surface area contributed by atoms with E-state index in [2.05, 4.69) is 0 Å². The minimum absolute atomic E-state index is 0.0461. The number of carbonyl (C=O) groups is 4. The van der Waals surface area contributed by atoms with Crippen molar-refractivity contribution < 1.29 is 43.2 Å². The predicted molar refractivity (Wildman–Crippen MR) is 214 cm³/mol. The Kier molecular flexibility index (Phi) is 11.6. The zero-order chi connectivity index (χ0) is 40.2. The van der Waals surface area contributed by atoms with Gasteiger partial charge in [0.25, 0.3) is 0 Å². The van der Waals surface area contributed by atoms with E-state index in [1.54, 1.807) is 36.4 Å². The van der Waals surface area contributed by atoms with E-state index < -0.39 is 53.5 Å². The number of fused-ring (bicyclic) bond motifs is 3. The number of ether oxygens (including phenoxy) is 4. The van der Waals surface area contributed by atoms with Crippen LogP contribution in [0.1, 0.15) is 72.5 Å².